The van der Waals surface area contributed by atoms with Gasteiger partial charge in [-0.15, -0.1) is 0 Å². The predicted octanol–water partition coefficient (Wildman–Crippen LogP) is 1.99. The third-order valence-corrected chi connectivity index (χ3v) is 5.06. The van der Waals surface area contributed by atoms with Crippen LogP contribution in [0.2, 0.25) is 0 Å². The fraction of sp³-hybridized carbons (Fsp3) is 0.875. The van der Waals surface area contributed by atoms with Gasteiger partial charge in [0.15, 0.2) is 0 Å². The van der Waals surface area contributed by atoms with Gasteiger partial charge in [0.05, 0.1) is 6.26 Å². The number of carbonyl (C=O) groups is 2. The van der Waals surface area contributed by atoms with Crippen LogP contribution in [0.3, 0.4) is 0 Å². The van der Waals surface area contributed by atoms with Crippen LogP contribution in [0.15, 0.2) is 0 Å². The minimum absolute atomic E-state index is 0.120. The molecule has 1 rings (SSSR count). The quantitative estimate of drug-likeness (QED) is 0.410. The van der Waals surface area contributed by atoms with E-state index < -0.39 is 15.6 Å². The normalized spacial score (nSPS) is 17.4. The smallest absolute Gasteiger partial charge is 0.323 e. The van der Waals surface area contributed by atoms with E-state index in [-0.39, 0.29) is 11.9 Å². The summed E-state index contributed by atoms with van der Waals surface area (Å²) >= 11 is 0. The highest BCUT2D eigenvalue weighted by atomic mass is 32.2. The summed E-state index contributed by atoms with van der Waals surface area (Å²) < 4.78 is 24.4. The molecule has 3 amide bonds. The van der Waals surface area contributed by atoms with Crippen LogP contribution >= 0.6 is 0 Å². The van der Waals surface area contributed by atoms with Crippen LogP contribution in [0, 0.1) is 0 Å². The first-order valence-electron chi connectivity index (χ1n) is 8.84. The van der Waals surface area contributed by atoms with Crippen LogP contribution in [0.25, 0.3) is 0 Å². The highest BCUT2D eigenvalue weighted by molar-refractivity contribution is 7.88. The lowest BCUT2D eigenvalue weighted by Gasteiger charge is -2.26. The van der Waals surface area contributed by atoms with E-state index >= 15 is 0 Å². The third kappa shape index (κ3) is 6.05. The number of nitrogens with zero attached hydrogens (tertiary/aromatic N) is 1. The molecule has 0 aromatic heterocycles. The second-order valence-corrected chi connectivity index (χ2v) is 8.38. The highest BCUT2D eigenvalue weighted by Crippen LogP contribution is 2.29. The van der Waals surface area contributed by atoms with Crippen molar-refractivity contribution in [3.8, 4) is 0 Å². The second kappa shape index (κ2) is 9.36. The lowest BCUT2D eigenvalue weighted by molar-refractivity contribution is -0.132. The van der Waals surface area contributed by atoms with Gasteiger partial charge in [0.25, 0.3) is 5.91 Å². The topological polar surface area (TPSA) is 95.6 Å². The van der Waals surface area contributed by atoms with E-state index in [0.717, 1.165) is 31.9 Å². The van der Waals surface area contributed by atoms with Gasteiger partial charge in [-0.05, 0) is 25.7 Å². The summed E-state index contributed by atoms with van der Waals surface area (Å²) in [4.78, 5) is 26.3. The summed E-state index contributed by atoms with van der Waals surface area (Å²) in [6.07, 6.45) is 7.41. The Labute approximate surface area is 145 Å². The molecule has 7 nitrogen and oxygen atoms in total. The maximum Gasteiger partial charge on any atom is 0.325 e. The fourth-order valence-electron chi connectivity index (χ4n) is 2.95. The summed E-state index contributed by atoms with van der Waals surface area (Å²) in [6.45, 7) is 4.79. The van der Waals surface area contributed by atoms with Crippen molar-refractivity contribution < 1.29 is 18.0 Å². The molecular formula is C16H31N3O4S. The lowest BCUT2D eigenvalue weighted by Crippen LogP contribution is -2.47. The predicted molar refractivity (Wildman–Crippen MR) is 94.1 cm³/mol. The van der Waals surface area contributed by atoms with E-state index in [4.69, 9.17) is 0 Å². The molecule has 0 atom stereocenters. The van der Waals surface area contributed by atoms with Crippen molar-refractivity contribution in [3.63, 3.8) is 0 Å². The maximum absolute atomic E-state index is 12.8. The number of hydrogen-bond donors (Lipinski definition) is 2. The number of rotatable bonds is 12. The molecule has 0 spiro atoms. The maximum atomic E-state index is 12.8. The molecule has 0 radical (unpaired) electrons. The SMILES string of the molecule is CCCCC1(CCCC)NC(=O)N(CCCCNS(C)(=O)=O)C1=O. The van der Waals surface area contributed by atoms with Crippen molar-refractivity contribution in [1.82, 2.24) is 14.9 Å². The van der Waals surface area contributed by atoms with Gasteiger partial charge in [0.2, 0.25) is 10.0 Å². The molecule has 1 aliphatic heterocycles. The Morgan fingerprint density at radius 3 is 2.12 bits per heavy atom. The number of nitrogens with one attached hydrogen (secondary N) is 2. The zero-order valence-electron chi connectivity index (χ0n) is 15.1. The van der Waals surface area contributed by atoms with Crippen LogP contribution in [-0.2, 0) is 14.8 Å². The third-order valence-electron chi connectivity index (χ3n) is 4.33. The average molecular weight is 362 g/mol. The molecule has 0 aliphatic carbocycles. The van der Waals surface area contributed by atoms with Crippen molar-refractivity contribution in [2.75, 3.05) is 19.3 Å². The minimum Gasteiger partial charge on any atom is -0.323 e. The van der Waals surface area contributed by atoms with Crippen molar-refractivity contribution in [2.45, 2.75) is 70.8 Å². The number of carbonyl (C=O) groups excluding carboxylic acids is 2. The Balaban J connectivity index is 2.59. The van der Waals surface area contributed by atoms with Crippen LogP contribution in [0.1, 0.15) is 65.2 Å². The molecule has 2 N–H and O–H groups in total. The van der Waals surface area contributed by atoms with Gasteiger partial charge >= 0.3 is 6.03 Å². The van der Waals surface area contributed by atoms with E-state index in [1.807, 2.05) is 0 Å². The van der Waals surface area contributed by atoms with E-state index in [9.17, 15) is 18.0 Å². The van der Waals surface area contributed by atoms with Gasteiger partial charge < -0.3 is 5.32 Å². The van der Waals surface area contributed by atoms with Crippen molar-refractivity contribution >= 4 is 22.0 Å². The molecule has 140 valence electrons. The molecule has 0 saturated carbocycles. The fourth-order valence-corrected chi connectivity index (χ4v) is 3.47. The molecule has 8 heteroatoms. The Morgan fingerprint density at radius 1 is 1.04 bits per heavy atom. The molecule has 0 aromatic carbocycles. The van der Waals surface area contributed by atoms with Gasteiger partial charge in [0.1, 0.15) is 5.54 Å². The Bertz CT molecular complexity index is 525. The number of amides is 3. The molecular weight excluding hydrogens is 330 g/mol. The number of imide groups is 1. The summed E-state index contributed by atoms with van der Waals surface area (Å²) in [6, 6.07) is -0.316. The minimum atomic E-state index is -3.19. The summed E-state index contributed by atoms with van der Waals surface area (Å²) in [5, 5.41) is 2.93. The Kier molecular flexibility index (Phi) is 8.15. The Morgan fingerprint density at radius 2 is 1.62 bits per heavy atom. The first-order chi connectivity index (χ1) is 11.3. The number of sulfonamides is 1. The largest absolute Gasteiger partial charge is 0.325 e. The van der Waals surface area contributed by atoms with Gasteiger partial charge in [-0.25, -0.2) is 17.9 Å². The van der Waals surface area contributed by atoms with Gasteiger partial charge in [-0.1, -0.05) is 39.5 Å². The summed E-state index contributed by atoms with van der Waals surface area (Å²) in [5.41, 5.74) is -0.742. The first kappa shape index (κ1) is 20.9. The zero-order chi connectivity index (χ0) is 18.2. The highest BCUT2D eigenvalue weighted by Gasteiger charge is 2.49. The van der Waals surface area contributed by atoms with Crippen molar-refractivity contribution in [1.29, 1.82) is 0 Å². The van der Waals surface area contributed by atoms with Gasteiger partial charge in [-0.3, -0.25) is 9.69 Å². The molecule has 0 aromatic rings. The standard InChI is InChI=1S/C16H31N3O4S/c1-4-6-10-16(11-7-5-2)14(20)19(15(21)18-16)13-9-8-12-17-24(3,22)23/h17H,4-13H2,1-3H3,(H,18,21). The van der Waals surface area contributed by atoms with Crippen molar-refractivity contribution in [2.24, 2.45) is 0 Å². The summed E-state index contributed by atoms with van der Waals surface area (Å²) in [7, 11) is -3.19. The number of urea groups is 1. The average Bonchev–Trinajstić information content (AvgIpc) is 2.74. The monoisotopic (exact) mass is 361 g/mol. The van der Waals surface area contributed by atoms with Crippen molar-refractivity contribution in [3.05, 3.63) is 0 Å². The molecule has 1 fully saturated rings. The number of hydrogen-bond acceptors (Lipinski definition) is 4. The lowest BCUT2D eigenvalue weighted by atomic mass is 9.87. The summed E-state index contributed by atoms with van der Waals surface area (Å²) in [5.74, 6) is -0.120. The number of unbranched alkanes of at least 4 members (excludes halogenated alkanes) is 3. The van der Waals surface area contributed by atoms with E-state index in [1.54, 1.807) is 0 Å². The second-order valence-electron chi connectivity index (χ2n) is 6.55. The van der Waals surface area contributed by atoms with Crippen LogP contribution in [0.5, 0.6) is 0 Å². The zero-order valence-corrected chi connectivity index (χ0v) is 15.9. The molecule has 24 heavy (non-hydrogen) atoms. The molecule has 1 heterocycles. The molecule has 0 bridgehead atoms. The van der Waals surface area contributed by atoms with E-state index in [1.165, 1.54) is 4.90 Å². The van der Waals surface area contributed by atoms with Crippen LogP contribution in [0.4, 0.5) is 4.79 Å². The Hall–Kier alpha value is -1.15. The molecule has 1 aliphatic rings. The van der Waals surface area contributed by atoms with Gasteiger partial charge in [0, 0.05) is 13.1 Å². The van der Waals surface area contributed by atoms with Crippen LogP contribution < -0.4 is 10.0 Å². The van der Waals surface area contributed by atoms with Crippen LogP contribution in [-0.4, -0.2) is 50.1 Å². The molecule has 1 saturated heterocycles. The molecule has 0 unspecified atom stereocenters. The van der Waals surface area contributed by atoms with E-state index in [0.29, 0.717) is 38.8 Å². The van der Waals surface area contributed by atoms with E-state index in [2.05, 4.69) is 23.9 Å². The van der Waals surface area contributed by atoms with Gasteiger partial charge in [-0.2, -0.15) is 0 Å². The first-order valence-corrected chi connectivity index (χ1v) is 10.7.